The monoisotopic (exact) mass is 325 g/mol. The van der Waals surface area contributed by atoms with Crippen molar-refractivity contribution in [3.05, 3.63) is 27.7 Å². The van der Waals surface area contributed by atoms with E-state index in [9.17, 15) is 13.2 Å². The van der Waals surface area contributed by atoms with Crippen molar-refractivity contribution < 1.29 is 13.2 Å². The molecular formula is C9H9BrClNO3S. The topological polar surface area (TPSA) is 63.2 Å². The fraction of sp³-hybridized carbons (Fsp3) is 0.222. The largest absolute Gasteiger partial charge is 0.325 e. The maximum absolute atomic E-state index is 11.3. The third-order valence-corrected chi connectivity index (χ3v) is 3.62. The van der Waals surface area contributed by atoms with E-state index in [1.165, 1.54) is 6.07 Å². The zero-order valence-corrected chi connectivity index (χ0v) is 11.5. The molecule has 16 heavy (non-hydrogen) atoms. The second kappa shape index (κ2) is 5.16. The number of sulfone groups is 1. The van der Waals surface area contributed by atoms with E-state index in [2.05, 4.69) is 21.2 Å². The number of carbonyl (C=O) groups excluding carboxylic acids is 1. The van der Waals surface area contributed by atoms with Crippen molar-refractivity contribution in [2.75, 3.05) is 17.3 Å². The van der Waals surface area contributed by atoms with Gasteiger partial charge in [0.1, 0.15) is 5.75 Å². The molecule has 0 aliphatic rings. The molecule has 7 heteroatoms. The van der Waals surface area contributed by atoms with Gasteiger partial charge < -0.3 is 5.32 Å². The van der Waals surface area contributed by atoms with Crippen LogP contribution < -0.4 is 5.32 Å². The number of rotatable bonds is 3. The lowest BCUT2D eigenvalue weighted by Crippen LogP contribution is -2.21. The predicted molar refractivity (Wildman–Crippen MR) is 67.5 cm³/mol. The first-order valence-electron chi connectivity index (χ1n) is 4.20. The van der Waals surface area contributed by atoms with Crippen molar-refractivity contribution in [3.63, 3.8) is 0 Å². The van der Waals surface area contributed by atoms with E-state index in [0.717, 1.165) is 6.26 Å². The Hall–Kier alpha value is -0.590. The highest BCUT2D eigenvalue weighted by Crippen LogP contribution is 2.25. The van der Waals surface area contributed by atoms with Gasteiger partial charge in [-0.2, -0.15) is 0 Å². The van der Waals surface area contributed by atoms with Crippen LogP contribution in [0, 0.1) is 0 Å². The van der Waals surface area contributed by atoms with Gasteiger partial charge in [-0.05, 0) is 34.1 Å². The summed E-state index contributed by atoms with van der Waals surface area (Å²) in [7, 11) is -3.32. The van der Waals surface area contributed by atoms with Crippen molar-refractivity contribution >= 4 is 49.0 Å². The Morgan fingerprint density at radius 1 is 1.50 bits per heavy atom. The Labute approximate surface area is 107 Å². The van der Waals surface area contributed by atoms with Crippen LogP contribution in [0.25, 0.3) is 0 Å². The van der Waals surface area contributed by atoms with Gasteiger partial charge in [0.15, 0.2) is 9.84 Å². The third-order valence-electron chi connectivity index (χ3n) is 1.60. The van der Waals surface area contributed by atoms with Crippen LogP contribution >= 0.6 is 27.5 Å². The Bertz CT molecular complexity index is 515. The summed E-state index contributed by atoms with van der Waals surface area (Å²) in [6, 6.07) is 4.82. The Kier molecular flexibility index (Phi) is 4.35. The normalized spacial score (nSPS) is 11.2. The van der Waals surface area contributed by atoms with Gasteiger partial charge >= 0.3 is 0 Å². The molecular weight excluding hydrogens is 318 g/mol. The molecule has 1 aromatic rings. The highest BCUT2D eigenvalue weighted by molar-refractivity contribution is 9.10. The zero-order valence-electron chi connectivity index (χ0n) is 8.33. The van der Waals surface area contributed by atoms with E-state index in [1.807, 2.05) is 0 Å². The lowest BCUT2D eigenvalue weighted by molar-refractivity contribution is -0.113. The molecule has 0 aliphatic heterocycles. The highest BCUT2D eigenvalue weighted by Gasteiger charge is 2.11. The van der Waals surface area contributed by atoms with Gasteiger partial charge in [0.05, 0.1) is 5.02 Å². The molecule has 0 spiro atoms. The summed E-state index contributed by atoms with van der Waals surface area (Å²) in [5, 5.41) is 2.88. The summed E-state index contributed by atoms with van der Waals surface area (Å²) < 4.78 is 22.4. The standard InChI is InChI=1S/C9H9BrClNO3S/c1-16(14,15)5-9(13)12-6-2-3-7(10)8(11)4-6/h2-4H,5H2,1H3,(H,12,13). The maximum Gasteiger partial charge on any atom is 0.239 e. The highest BCUT2D eigenvalue weighted by atomic mass is 79.9. The van der Waals surface area contributed by atoms with Gasteiger partial charge in [0.2, 0.25) is 5.91 Å². The number of carbonyl (C=O) groups is 1. The van der Waals surface area contributed by atoms with Gasteiger partial charge in [-0.25, -0.2) is 8.42 Å². The SMILES string of the molecule is CS(=O)(=O)CC(=O)Nc1ccc(Br)c(Cl)c1. The summed E-state index contributed by atoms with van der Waals surface area (Å²) in [6.45, 7) is 0. The fourth-order valence-corrected chi connectivity index (χ4v) is 1.98. The van der Waals surface area contributed by atoms with Crippen LogP contribution in [0.4, 0.5) is 5.69 Å². The molecule has 4 nitrogen and oxygen atoms in total. The maximum atomic E-state index is 11.3. The molecule has 88 valence electrons. The van der Waals surface area contributed by atoms with Crippen LogP contribution in [0.2, 0.25) is 5.02 Å². The van der Waals surface area contributed by atoms with Crippen LogP contribution in [0.1, 0.15) is 0 Å². The first-order chi connectivity index (χ1) is 7.28. The van der Waals surface area contributed by atoms with Crippen molar-refractivity contribution in [2.24, 2.45) is 0 Å². The lowest BCUT2D eigenvalue weighted by Gasteiger charge is -2.05. The summed E-state index contributed by atoms with van der Waals surface area (Å²) >= 11 is 9.02. The smallest absolute Gasteiger partial charge is 0.239 e. The summed E-state index contributed by atoms with van der Waals surface area (Å²) in [5.41, 5.74) is 0.460. The molecule has 0 radical (unpaired) electrons. The number of amides is 1. The van der Waals surface area contributed by atoms with Gasteiger partial charge in [-0.15, -0.1) is 0 Å². The molecule has 0 saturated heterocycles. The number of nitrogens with one attached hydrogen (secondary N) is 1. The van der Waals surface area contributed by atoms with Crippen LogP contribution in [-0.4, -0.2) is 26.3 Å². The predicted octanol–water partition coefficient (Wildman–Crippen LogP) is 2.09. The van der Waals surface area contributed by atoms with E-state index >= 15 is 0 Å². The third kappa shape index (κ3) is 4.51. The number of hydrogen-bond donors (Lipinski definition) is 1. The van der Waals surface area contributed by atoms with E-state index in [1.54, 1.807) is 12.1 Å². The quantitative estimate of drug-likeness (QED) is 0.925. The molecule has 1 aromatic carbocycles. The van der Waals surface area contributed by atoms with E-state index in [0.29, 0.717) is 15.2 Å². The molecule has 0 atom stereocenters. The molecule has 1 rings (SSSR count). The van der Waals surface area contributed by atoms with Crippen LogP contribution in [0.15, 0.2) is 22.7 Å². The Morgan fingerprint density at radius 2 is 2.12 bits per heavy atom. The van der Waals surface area contributed by atoms with E-state index in [4.69, 9.17) is 11.6 Å². The van der Waals surface area contributed by atoms with Crippen molar-refractivity contribution in [1.82, 2.24) is 0 Å². The minimum absolute atomic E-state index is 0.442. The van der Waals surface area contributed by atoms with Gasteiger partial charge in [-0.3, -0.25) is 4.79 Å². The van der Waals surface area contributed by atoms with Crippen molar-refractivity contribution in [3.8, 4) is 0 Å². The zero-order chi connectivity index (χ0) is 12.3. The molecule has 1 amide bonds. The second-order valence-corrected chi connectivity index (χ2v) is 6.65. The molecule has 0 bridgehead atoms. The van der Waals surface area contributed by atoms with Gasteiger partial charge in [0, 0.05) is 16.4 Å². The summed E-state index contributed by atoms with van der Waals surface area (Å²) in [4.78, 5) is 11.3. The molecule has 0 saturated carbocycles. The Balaban J connectivity index is 2.74. The van der Waals surface area contributed by atoms with Crippen LogP contribution in [0.5, 0.6) is 0 Å². The van der Waals surface area contributed by atoms with Crippen molar-refractivity contribution in [1.29, 1.82) is 0 Å². The molecule has 0 fully saturated rings. The van der Waals surface area contributed by atoms with Crippen molar-refractivity contribution in [2.45, 2.75) is 0 Å². The molecule has 1 N–H and O–H groups in total. The second-order valence-electron chi connectivity index (χ2n) is 3.25. The van der Waals surface area contributed by atoms with Gasteiger partial charge in [-0.1, -0.05) is 11.6 Å². The summed E-state index contributed by atoms with van der Waals surface area (Å²) in [5.74, 6) is -1.12. The minimum Gasteiger partial charge on any atom is -0.325 e. The number of halogens is 2. The first kappa shape index (κ1) is 13.5. The summed E-state index contributed by atoms with van der Waals surface area (Å²) in [6.07, 6.45) is 1.00. The molecule has 0 unspecified atom stereocenters. The molecule has 0 heterocycles. The lowest BCUT2D eigenvalue weighted by atomic mass is 10.3. The first-order valence-corrected chi connectivity index (χ1v) is 7.44. The Morgan fingerprint density at radius 3 is 2.62 bits per heavy atom. The average Bonchev–Trinajstić information content (AvgIpc) is 2.08. The van der Waals surface area contributed by atoms with E-state index in [-0.39, 0.29) is 0 Å². The minimum atomic E-state index is -3.32. The van der Waals surface area contributed by atoms with Crippen LogP contribution in [0.3, 0.4) is 0 Å². The number of benzene rings is 1. The molecule has 0 aliphatic carbocycles. The van der Waals surface area contributed by atoms with Crippen LogP contribution in [-0.2, 0) is 14.6 Å². The number of hydrogen-bond acceptors (Lipinski definition) is 3. The van der Waals surface area contributed by atoms with E-state index < -0.39 is 21.5 Å². The molecule has 0 aromatic heterocycles. The fourth-order valence-electron chi connectivity index (χ4n) is 1.01. The van der Waals surface area contributed by atoms with Gasteiger partial charge in [0.25, 0.3) is 0 Å². The number of anilines is 1. The average molecular weight is 327 g/mol.